The molecule has 0 spiro atoms. The maximum absolute atomic E-state index is 12.8. The quantitative estimate of drug-likeness (QED) is 0.0261. The van der Waals surface area contributed by atoms with Crippen molar-refractivity contribution in [2.75, 3.05) is 13.2 Å². The molecular formula is C63H120O6. The van der Waals surface area contributed by atoms with Crippen LogP contribution in [-0.2, 0) is 28.6 Å². The SMILES string of the molecule is CCCCCCCCCC/C=C\CCCCCCCCCCCCCCCCCC(=O)OCC(COC(=O)CCCCCCCCCCCC)OC(=O)CCCCCCCCCCCCCCCC. The van der Waals surface area contributed by atoms with Crippen molar-refractivity contribution in [2.45, 2.75) is 361 Å². The highest BCUT2D eigenvalue weighted by Gasteiger charge is 2.19. The van der Waals surface area contributed by atoms with E-state index in [1.807, 2.05) is 0 Å². The smallest absolute Gasteiger partial charge is 0.306 e. The summed E-state index contributed by atoms with van der Waals surface area (Å²) < 4.78 is 16.9. The first-order valence-corrected chi connectivity index (χ1v) is 31.2. The molecule has 6 nitrogen and oxygen atoms in total. The van der Waals surface area contributed by atoms with Crippen LogP contribution < -0.4 is 0 Å². The molecule has 0 aliphatic heterocycles. The summed E-state index contributed by atoms with van der Waals surface area (Å²) in [6, 6.07) is 0. The predicted octanol–water partition coefficient (Wildman–Crippen LogP) is 20.9. The average Bonchev–Trinajstić information content (AvgIpc) is 3.35. The van der Waals surface area contributed by atoms with Gasteiger partial charge in [-0.1, -0.05) is 303 Å². The third kappa shape index (κ3) is 56.9. The standard InChI is InChI=1S/C63H120O6/c1-4-7-10-13-16-19-22-24-26-27-28-29-30-31-32-33-34-35-36-37-38-40-41-44-47-50-53-56-62(65)68-59-60(58-67-61(64)55-52-49-46-43-21-18-15-12-9-6-3)69-63(66)57-54-51-48-45-42-39-25-23-20-17-14-11-8-5-2/h27-28,60H,4-26,29-59H2,1-3H3/b28-27-. The first-order valence-electron chi connectivity index (χ1n) is 31.2. The summed E-state index contributed by atoms with van der Waals surface area (Å²) in [6.45, 7) is 6.69. The number of esters is 3. The molecule has 0 amide bonds. The van der Waals surface area contributed by atoms with E-state index in [0.717, 1.165) is 57.8 Å². The molecule has 0 rings (SSSR count). The van der Waals surface area contributed by atoms with E-state index in [1.165, 1.54) is 257 Å². The second-order valence-electron chi connectivity index (χ2n) is 21.3. The molecule has 0 aliphatic carbocycles. The summed E-state index contributed by atoms with van der Waals surface area (Å²) in [6.07, 6.45) is 68.0. The second-order valence-corrected chi connectivity index (χ2v) is 21.3. The number of carbonyl (C=O) groups excluding carboxylic acids is 3. The van der Waals surface area contributed by atoms with Crippen LogP contribution in [0.5, 0.6) is 0 Å². The summed E-state index contributed by atoms with van der Waals surface area (Å²) in [5.74, 6) is -0.839. The largest absolute Gasteiger partial charge is 0.462 e. The number of ether oxygens (including phenoxy) is 3. The molecule has 0 bridgehead atoms. The molecule has 408 valence electrons. The van der Waals surface area contributed by atoms with E-state index >= 15 is 0 Å². The molecule has 0 saturated carbocycles. The second kappa shape index (κ2) is 58.7. The van der Waals surface area contributed by atoms with E-state index < -0.39 is 6.10 Å². The van der Waals surface area contributed by atoms with Crippen LogP contribution in [-0.4, -0.2) is 37.2 Å². The lowest BCUT2D eigenvalue weighted by Crippen LogP contribution is -2.30. The molecule has 0 radical (unpaired) electrons. The van der Waals surface area contributed by atoms with Crippen LogP contribution in [0.1, 0.15) is 355 Å². The van der Waals surface area contributed by atoms with Gasteiger partial charge < -0.3 is 14.2 Å². The number of rotatable bonds is 58. The molecule has 0 aliphatic rings. The Morgan fingerprint density at radius 1 is 0.275 bits per heavy atom. The van der Waals surface area contributed by atoms with Gasteiger partial charge in [0.15, 0.2) is 6.10 Å². The Morgan fingerprint density at radius 3 is 0.725 bits per heavy atom. The highest BCUT2D eigenvalue weighted by Crippen LogP contribution is 2.18. The summed E-state index contributed by atoms with van der Waals surface area (Å²) in [5.41, 5.74) is 0. The lowest BCUT2D eigenvalue weighted by molar-refractivity contribution is -0.167. The van der Waals surface area contributed by atoms with Crippen LogP contribution in [0, 0.1) is 0 Å². The van der Waals surface area contributed by atoms with E-state index in [9.17, 15) is 14.4 Å². The molecule has 6 heteroatoms. The van der Waals surface area contributed by atoms with Gasteiger partial charge in [-0.05, 0) is 44.9 Å². The minimum absolute atomic E-state index is 0.0633. The van der Waals surface area contributed by atoms with Gasteiger partial charge in [-0.2, -0.15) is 0 Å². The first-order chi connectivity index (χ1) is 34.0. The Kier molecular flexibility index (Phi) is 57.1. The zero-order valence-corrected chi connectivity index (χ0v) is 46.9. The summed E-state index contributed by atoms with van der Waals surface area (Å²) in [5, 5.41) is 0. The van der Waals surface area contributed by atoms with Crippen molar-refractivity contribution in [3.8, 4) is 0 Å². The Labute approximate surface area is 431 Å². The van der Waals surface area contributed by atoms with Crippen LogP contribution >= 0.6 is 0 Å². The van der Waals surface area contributed by atoms with Crippen molar-refractivity contribution in [3.63, 3.8) is 0 Å². The van der Waals surface area contributed by atoms with Crippen LogP contribution in [0.25, 0.3) is 0 Å². The third-order valence-electron chi connectivity index (χ3n) is 14.3. The van der Waals surface area contributed by atoms with Gasteiger partial charge in [0.2, 0.25) is 0 Å². The number of unbranched alkanes of at least 4 members (excludes halogenated alkanes) is 45. The van der Waals surface area contributed by atoms with E-state index in [1.54, 1.807) is 0 Å². The molecule has 0 aromatic heterocycles. The molecular weight excluding hydrogens is 853 g/mol. The summed E-state index contributed by atoms with van der Waals surface area (Å²) in [4.78, 5) is 38.1. The number of hydrogen-bond acceptors (Lipinski definition) is 6. The highest BCUT2D eigenvalue weighted by molar-refractivity contribution is 5.71. The van der Waals surface area contributed by atoms with Gasteiger partial charge in [-0.3, -0.25) is 14.4 Å². The van der Waals surface area contributed by atoms with E-state index in [-0.39, 0.29) is 31.1 Å². The van der Waals surface area contributed by atoms with E-state index in [0.29, 0.717) is 19.3 Å². The molecule has 69 heavy (non-hydrogen) atoms. The van der Waals surface area contributed by atoms with Gasteiger partial charge in [0, 0.05) is 19.3 Å². The number of carbonyl (C=O) groups is 3. The lowest BCUT2D eigenvalue weighted by atomic mass is 10.0. The normalized spacial score (nSPS) is 12.0. The van der Waals surface area contributed by atoms with Crippen molar-refractivity contribution in [1.82, 2.24) is 0 Å². The maximum Gasteiger partial charge on any atom is 0.306 e. The van der Waals surface area contributed by atoms with Crippen LogP contribution in [0.3, 0.4) is 0 Å². The monoisotopic (exact) mass is 973 g/mol. The Balaban J connectivity index is 4.10. The van der Waals surface area contributed by atoms with Gasteiger partial charge >= 0.3 is 17.9 Å². The number of allylic oxidation sites excluding steroid dienone is 2. The fourth-order valence-corrected chi connectivity index (χ4v) is 9.56. The molecule has 0 heterocycles. The topological polar surface area (TPSA) is 78.9 Å². The van der Waals surface area contributed by atoms with Crippen molar-refractivity contribution in [2.24, 2.45) is 0 Å². The summed E-state index contributed by atoms with van der Waals surface area (Å²) >= 11 is 0. The average molecular weight is 974 g/mol. The van der Waals surface area contributed by atoms with Gasteiger partial charge in [-0.15, -0.1) is 0 Å². The van der Waals surface area contributed by atoms with E-state index in [4.69, 9.17) is 14.2 Å². The van der Waals surface area contributed by atoms with Gasteiger partial charge in [0.25, 0.3) is 0 Å². The first kappa shape index (κ1) is 67.1. The summed E-state index contributed by atoms with van der Waals surface area (Å²) in [7, 11) is 0. The molecule has 0 aromatic carbocycles. The maximum atomic E-state index is 12.8. The molecule has 0 N–H and O–H groups in total. The molecule has 0 aromatic rings. The van der Waals surface area contributed by atoms with Crippen molar-refractivity contribution >= 4 is 17.9 Å². The number of hydrogen-bond donors (Lipinski definition) is 0. The lowest BCUT2D eigenvalue weighted by Gasteiger charge is -2.18. The van der Waals surface area contributed by atoms with E-state index in [2.05, 4.69) is 32.9 Å². The highest BCUT2D eigenvalue weighted by atomic mass is 16.6. The molecule has 1 atom stereocenters. The Morgan fingerprint density at radius 2 is 0.478 bits per heavy atom. The third-order valence-corrected chi connectivity index (χ3v) is 14.3. The van der Waals surface area contributed by atoms with Gasteiger partial charge in [-0.25, -0.2) is 0 Å². The van der Waals surface area contributed by atoms with Crippen LogP contribution in [0.15, 0.2) is 12.2 Å². The minimum Gasteiger partial charge on any atom is -0.462 e. The fraction of sp³-hybridized carbons (Fsp3) is 0.921. The Bertz CT molecular complexity index is 1070. The van der Waals surface area contributed by atoms with Crippen LogP contribution in [0.2, 0.25) is 0 Å². The predicted molar refractivity (Wildman–Crippen MR) is 298 cm³/mol. The molecule has 0 saturated heterocycles. The zero-order valence-electron chi connectivity index (χ0n) is 46.9. The fourth-order valence-electron chi connectivity index (χ4n) is 9.56. The van der Waals surface area contributed by atoms with Gasteiger partial charge in [0.05, 0.1) is 0 Å². The van der Waals surface area contributed by atoms with Gasteiger partial charge in [0.1, 0.15) is 13.2 Å². The molecule has 0 fully saturated rings. The van der Waals surface area contributed by atoms with Crippen molar-refractivity contribution in [1.29, 1.82) is 0 Å². The van der Waals surface area contributed by atoms with Crippen LogP contribution in [0.4, 0.5) is 0 Å². The van der Waals surface area contributed by atoms with Crippen molar-refractivity contribution < 1.29 is 28.6 Å². The van der Waals surface area contributed by atoms with Crippen molar-refractivity contribution in [3.05, 3.63) is 12.2 Å². The molecule has 1 unspecified atom stereocenters. The minimum atomic E-state index is -0.763. The Hall–Kier alpha value is -1.85. The zero-order chi connectivity index (χ0) is 50.0.